The van der Waals surface area contributed by atoms with Gasteiger partial charge in [0.25, 0.3) is 0 Å². The lowest BCUT2D eigenvalue weighted by molar-refractivity contribution is 1.12. The lowest BCUT2D eigenvalue weighted by Gasteiger charge is -2.12. The van der Waals surface area contributed by atoms with Gasteiger partial charge in [0.2, 0.25) is 0 Å². The molecule has 0 atom stereocenters. The fraction of sp³-hybridized carbons (Fsp3) is 0.250. The summed E-state index contributed by atoms with van der Waals surface area (Å²) in [4.78, 5) is 4.96. The van der Waals surface area contributed by atoms with E-state index in [4.69, 9.17) is 4.98 Å². The summed E-state index contributed by atoms with van der Waals surface area (Å²) >= 11 is 0. The van der Waals surface area contributed by atoms with Crippen LogP contribution in [-0.4, -0.2) is 4.98 Å². The van der Waals surface area contributed by atoms with Crippen LogP contribution in [0, 0.1) is 20.8 Å². The Bertz CT molecular complexity index is 795. The molecular weight excluding hydrogens is 254 g/mol. The maximum absolute atomic E-state index is 4.96. The second-order valence-electron chi connectivity index (χ2n) is 5.87. The molecule has 0 unspecified atom stereocenters. The van der Waals surface area contributed by atoms with E-state index in [9.17, 15) is 0 Å². The zero-order valence-electron chi connectivity index (χ0n) is 13.2. The molecule has 0 aliphatic carbocycles. The van der Waals surface area contributed by atoms with E-state index >= 15 is 0 Å². The fourth-order valence-electron chi connectivity index (χ4n) is 3.02. The summed E-state index contributed by atoms with van der Waals surface area (Å²) in [5, 5.41) is 1.27. The van der Waals surface area contributed by atoms with Crippen molar-refractivity contribution in [3.8, 4) is 11.3 Å². The van der Waals surface area contributed by atoms with Gasteiger partial charge in [-0.1, -0.05) is 36.2 Å². The van der Waals surface area contributed by atoms with E-state index in [0.717, 1.165) is 17.6 Å². The minimum atomic E-state index is 1.000. The Morgan fingerprint density at radius 3 is 2.29 bits per heavy atom. The summed E-state index contributed by atoms with van der Waals surface area (Å²) in [5.41, 5.74) is 8.64. The molecule has 0 saturated heterocycles. The predicted octanol–water partition coefficient (Wildman–Crippen LogP) is 5.39. The summed E-state index contributed by atoms with van der Waals surface area (Å²) in [6.07, 6.45) is 1.000. The van der Waals surface area contributed by atoms with Gasteiger partial charge in [0.15, 0.2) is 0 Å². The quantitative estimate of drug-likeness (QED) is 0.611. The van der Waals surface area contributed by atoms with Crippen LogP contribution in [0.2, 0.25) is 0 Å². The molecule has 0 aliphatic rings. The van der Waals surface area contributed by atoms with Crippen LogP contribution in [0.5, 0.6) is 0 Å². The molecule has 3 rings (SSSR count). The van der Waals surface area contributed by atoms with Gasteiger partial charge < -0.3 is 0 Å². The highest BCUT2D eigenvalue weighted by Crippen LogP contribution is 2.28. The molecule has 106 valence electrons. The molecule has 2 aromatic carbocycles. The maximum Gasteiger partial charge on any atom is 0.0741 e. The van der Waals surface area contributed by atoms with Crippen LogP contribution in [0.4, 0.5) is 0 Å². The number of nitrogens with zero attached hydrogens (tertiary/aromatic N) is 1. The van der Waals surface area contributed by atoms with E-state index in [1.807, 2.05) is 0 Å². The second kappa shape index (κ2) is 5.33. The highest BCUT2D eigenvalue weighted by Gasteiger charge is 2.10. The van der Waals surface area contributed by atoms with Crippen LogP contribution in [0.1, 0.15) is 29.2 Å². The number of fused-ring (bicyclic) bond motifs is 1. The lowest BCUT2D eigenvalue weighted by atomic mass is 9.97. The molecular formula is C20H21N. The Morgan fingerprint density at radius 2 is 1.62 bits per heavy atom. The Morgan fingerprint density at radius 1 is 0.905 bits per heavy atom. The number of rotatable bonds is 2. The fourth-order valence-corrected chi connectivity index (χ4v) is 3.02. The molecule has 3 aromatic rings. The molecule has 0 saturated carbocycles. The Hall–Kier alpha value is -2.15. The highest BCUT2D eigenvalue weighted by molar-refractivity contribution is 5.86. The van der Waals surface area contributed by atoms with Crippen molar-refractivity contribution in [3.05, 3.63) is 64.7 Å². The Labute approximate surface area is 126 Å². The van der Waals surface area contributed by atoms with Gasteiger partial charge in [-0.25, -0.2) is 4.98 Å². The summed E-state index contributed by atoms with van der Waals surface area (Å²) in [6, 6.07) is 15.3. The number of pyridine rings is 1. The van der Waals surface area contributed by atoms with Crippen molar-refractivity contribution in [1.29, 1.82) is 0 Å². The monoisotopic (exact) mass is 275 g/mol. The summed E-state index contributed by atoms with van der Waals surface area (Å²) in [5.74, 6) is 0. The summed E-state index contributed by atoms with van der Waals surface area (Å²) in [6.45, 7) is 8.65. The van der Waals surface area contributed by atoms with Crippen LogP contribution in [0.25, 0.3) is 22.2 Å². The minimum Gasteiger partial charge on any atom is -0.247 e. The normalized spacial score (nSPS) is 11.0. The third-order valence-electron chi connectivity index (χ3n) is 4.03. The number of benzene rings is 2. The molecule has 0 amide bonds. The molecule has 0 spiro atoms. The first-order valence-corrected chi connectivity index (χ1v) is 7.56. The number of aryl methyl sites for hydroxylation is 4. The standard InChI is InChI=1S/C20H21N/c1-5-16-12-18-15(4)7-6-8-19(18)21-20(16)17-10-13(2)9-14(3)11-17/h6-12H,5H2,1-4H3. The number of aromatic nitrogens is 1. The third-order valence-corrected chi connectivity index (χ3v) is 4.03. The maximum atomic E-state index is 4.96. The smallest absolute Gasteiger partial charge is 0.0741 e. The van der Waals surface area contributed by atoms with Gasteiger partial charge in [-0.2, -0.15) is 0 Å². The first kappa shape index (κ1) is 13.8. The van der Waals surface area contributed by atoms with Crippen LogP contribution < -0.4 is 0 Å². The molecule has 21 heavy (non-hydrogen) atoms. The van der Waals surface area contributed by atoms with Crippen molar-refractivity contribution in [2.75, 3.05) is 0 Å². The Balaban J connectivity index is 2.30. The molecule has 0 bridgehead atoms. The molecule has 0 radical (unpaired) electrons. The largest absolute Gasteiger partial charge is 0.247 e. The molecule has 0 fully saturated rings. The molecule has 1 heterocycles. The Kier molecular flexibility index (Phi) is 3.50. The summed E-state index contributed by atoms with van der Waals surface area (Å²) in [7, 11) is 0. The van der Waals surface area contributed by atoms with Gasteiger partial charge in [0.05, 0.1) is 11.2 Å². The van der Waals surface area contributed by atoms with Gasteiger partial charge in [-0.3, -0.25) is 0 Å². The van der Waals surface area contributed by atoms with Gasteiger partial charge in [-0.05, 0) is 62.6 Å². The van der Waals surface area contributed by atoms with Gasteiger partial charge >= 0.3 is 0 Å². The summed E-state index contributed by atoms with van der Waals surface area (Å²) < 4.78 is 0. The SMILES string of the molecule is CCc1cc2c(C)cccc2nc1-c1cc(C)cc(C)c1. The molecule has 0 aliphatic heterocycles. The molecule has 0 N–H and O–H groups in total. The van der Waals surface area contributed by atoms with Gasteiger partial charge in [0, 0.05) is 10.9 Å². The van der Waals surface area contributed by atoms with Crippen molar-refractivity contribution in [1.82, 2.24) is 4.98 Å². The van der Waals surface area contributed by atoms with E-state index in [0.29, 0.717) is 0 Å². The van der Waals surface area contributed by atoms with Crippen LogP contribution in [-0.2, 0) is 6.42 Å². The van der Waals surface area contributed by atoms with E-state index in [-0.39, 0.29) is 0 Å². The number of hydrogen-bond acceptors (Lipinski definition) is 1. The first-order chi connectivity index (χ1) is 10.1. The van der Waals surface area contributed by atoms with Crippen molar-refractivity contribution in [2.45, 2.75) is 34.1 Å². The average Bonchev–Trinajstić information content (AvgIpc) is 2.45. The van der Waals surface area contributed by atoms with Gasteiger partial charge in [0.1, 0.15) is 0 Å². The zero-order chi connectivity index (χ0) is 15.0. The first-order valence-electron chi connectivity index (χ1n) is 7.56. The molecule has 1 nitrogen and oxygen atoms in total. The van der Waals surface area contributed by atoms with E-state index < -0.39 is 0 Å². The third kappa shape index (κ3) is 2.56. The van der Waals surface area contributed by atoms with Crippen molar-refractivity contribution < 1.29 is 0 Å². The van der Waals surface area contributed by atoms with E-state index in [1.165, 1.54) is 33.2 Å². The minimum absolute atomic E-state index is 1.000. The lowest BCUT2D eigenvalue weighted by Crippen LogP contribution is -1.95. The van der Waals surface area contributed by atoms with Crippen molar-refractivity contribution in [2.24, 2.45) is 0 Å². The van der Waals surface area contributed by atoms with E-state index in [2.05, 4.69) is 70.2 Å². The van der Waals surface area contributed by atoms with Gasteiger partial charge in [-0.15, -0.1) is 0 Å². The van der Waals surface area contributed by atoms with Crippen molar-refractivity contribution >= 4 is 10.9 Å². The van der Waals surface area contributed by atoms with Crippen LogP contribution >= 0.6 is 0 Å². The van der Waals surface area contributed by atoms with Crippen LogP contribution in [0.15, 0.2) is 42.5 Å². The predicted molar refractivity (Wildman–Crippen MR) is 90.8 cm³/mol. The topological polar surface area (TPSA) is 12.9 Å². The molecule has 1 aromatic heterocycles. The average molecular weight is 275 g/mol. The van der Waals surface area contributed by atoms with Crippen molar-refractivity contribution in [3.63, 3.8) is 0 Å². The van der Waals surface area contributed by atoms with Crippen LogP contribution in [0.3, 0.4) is 0 Å². The van der Waals surface area contributed by atoms with E-state index in [1.54, 1.807) is 0 Å². The number of hydrogen-bond donors (Lipinski definition) is 0. The zero-order valence-corrected chi connectivity index (χ0v) is 13.2. The second-order valence-corrected chi connectivity index (χ2v) is 5.87. The highest BCUT2D eigenvalue weighted by atomic mass is 14.7. The molecule has 1 heteroatoms.